The molecule has 0 aliphatic heterocycles. The summed E-state index contributed by atoms with van der Waals surface area (Å²) < 4.78 is 8.18. The number of ether oxygens (including phenoxy) is 1. The molecule has 0 spiro atoms. The van der Waals surface area contributed by atoms with Crippen LogP contribution in [0.5, 0.6) is 0 Å². The van der Waals surface area contributed by atoms with Crippen molar-refractivity contribution in [3.63, 3.8) is 0 Å². The first-order valence-electron chi connectivity index (χ1n) is 10.5. The lowest BCUT2D eigenvalue weighted by molar-refractivity contribution is 0.101. The Hall–Kier alpha value is -4.11. The van der Waals surface area contributed by atoms with Crippen LogP contribution in [0.1, 0.15) is 16.1 Å². The lowest BCUT2D eigenvalue weighted by Gasteiger charge is -2.18. The average Bonchev–Trinajstić information content (AvgIpc) is 3.16. The smallest absolute Gasteiger partial charge is 0.330 e. The number of amides is 1. The van der Waals surface area contributed by atoms with Crippen LogP contribution in [-0.4, -0.2) is 33.7 Å². The zero-order valence-electron chi connectivity index (χ0n) is 18.4. The number of hydrogen-bond donors (Lipinski definition) is 3. The number of anilines is 2. The first kappa shape index (κ1) is 22.1. The highest BCUT2D eigenvalue weighted by molar-refractivity contribution is 6.07. The van der Waals surface area contributed by atoms with Crippen molar-refractivity contribution in [2.75, 3.05) is 24.4 Å². The van der Waals surface area contributed by atoms with E-state index >= 15 is 0 Å². The molecule has 3 N–H and O–H groups in total. The number of nitrogens with zero attached hydrogens (tertiary/aromatic N) is 2. The van der Waals surface area contributed by atoms with Crippen molar-refractivity contribution in [1.29, 1.82) is 0 Å². The summed E-state index contributed by atoms with van der Waals surface area (Å²) >= 11 is 0. The second-order valence-corrected chi connectivity index (χ2v) is 7.57. The average molecular weight is 447 g/mol. The number of nitrogens with one attached hydrogen (secondary N) is 3. The highest BCUT2D eigenvalue weighted by atomic mass is 16.5. The van der Waals surface area contributed by atoms with E-state index < -0.39 is 17.2 Å². The van der Waals surface area contributed by atoms with E-state index in [9.17, 15) is 14.4 Å². The van der Waals surface area contributed by atoms with E-state index in [-0.39, 0.29) is 24.7 Å². The Morgan fingerprint density at radius 3 is 2.52 bits per heavy atom. The number of hydrogen-bond acceptors (Lipinski definition) is 5. The molecule has 0 aliphatic rings. The molecule has 0 aliphatic carbocycles. The fourth-order valence-corrected chi connectivity index (χ4v) is 3.73. The van der Waals surface area contributed by atoms with Crippen LogP contribution < -0.4 is 21.9 Å². The van der Waals surface area contributed by atoms with Crippen LogP contribution >= 0.6 is 0 Å². The molecule has 0 unspecified atom stereocenters. The molecule has 2 aromatic carbocycles. The summed E-state index contributed by atoms with van der Waals surface area (Å²) in [4.78, 5) is 40.9. The van der Waals surface area contributed by atoms with Gasteiger partial charge in [0.2, 0.25) is 0 Å². The highest BCUT2D eigenvalue weighted by Gasteiger charge is 2.20. The summed E-state index contributed by atoms with van der Waals surface area (Å²) in [6.07, 6.45) is 0. The van der Waals surface area contributed by atoms with E-state index in [2.05, 4.69) is 15.6 Å². The minimum Gasteiger partial charge on any atom is -0.383 e. The van der Waals surface area contributed by atoms with Gasteiger partial charge in [0.25, 0.3) is 11.5 Å². The Labute approximate surface area is 189 Å². The summed E-state index contributed by atoms with van der Waals surface area (Å²) in [5.41, 5.74) is 1.09. The van der Waals surface area contributed by atoms with E-state index in [1.165, 1.54) is 11.7 Å². The van der Waals surface area contributed by atoms with Gasteiger partial charge in [-0.15, -0.1) is 0 Å². The van der Waals surface area contributed by atoms with Crippen LogP contribution in [-0.2, 0) is 24.9 Å². The first-order valence-corrected chi connectivity index (χ1v) is 10.5. The van der Waals surface area contributed by atoms with Crippen LogP contribution in [0.3, 0.4) is 0 Å². The summed E-state index contributed by atoms with van der Waals surface area (Å²) in [6, 6.07) is 18.9. The van der Waals surface area contributed by atoms with Crippen molar-refractivity contribution in [1.82, 2.24) is 14.1 Å². The summed E-state index contributed by atoms with van der Waals surface area (Å²) in [6.45, 7) is 0.709. The molecule has 4 aromatic rings. The molecular weight excluding hydrogens is 422 g/mol. The predicted molar refractivity (Wildman–Crippen MR) is 128 cm³/mol. The van der Waals surface area contributed by atoms with Gasteiger partial charge in [-0.25, -0.2) is 4.79 Å². The first-order chi connectivity index (χ1) is 16.0. The van der Waals surface area contributed by atoms with Gasteiger partial charge in [0, 0.05) is 31.6 Å². The minimum atomic E-state index is -0.630. The van der Waals surface area contributed by atoms with Crippen molar-refractivity contribution in [2.24, 2.45) is 7.05 Å². The summed E-state index contributed by atoms with van der Waals surface area (Å²) in [5.74, 6) is -0.348. The molecule has 1 amide bonds. The number of H-pyrrole nitrogens is 1. The standard InChI is InChI=1S/C24H25N5O4/c1-28-18-11-7-6-10-17(18)14-19(28)22(30)26-21-20(25-15-16-8-4-3-5-9-16)23(31)27-24(32)29(21)12-13-33-2/h3-11,14,25H,12-13,15H2,1-2H3,(H,26,30)(H,27,31,32). The maximum Gasteiger partial charge on any atom is 0.330 e. The van der Waals surface area contributed by atoms with Gasteiger partial charge >= 0.3 is 5.69 Å². The van der Waals surface area contributed by atoms with Gasteiger partial charge in [0.1, 0.15) is 17.2 Å². The number of methoxy groups -OCH3 is 1. The molecule has 0 saturated carbocycles. The van der Waals surface area contributed by atoms with E-state index in [1.807, 2.05) is 54.6 Å². The molecule has 2 heterocycles. The lowest BCUT2D eigenvalue weighted by Crippen LogP contribution is -2.36. The predicted octanol–water partition coefficient (Wildman–Crippen LogP) is 2.54. The third-order valence-corrected chi connectivity index (χ3v) is 5.45. The van der Waals surface area contributed by atoms with E-state index in [1.54, 1.807) is 17.7 Å². The van der Waals surface area contributed by atoms with Crippen LogP contribution in [0.15, 0.2) is 70.3 Å². The molecule has 9 heteroatoms. The molecular formula is C24H25N5O4. The molecule has 0 bridgehead atoms. The lowest BCUT2D eigenvalue weighted by atomic mass is 10.2. The quantitative estimate of drug-likeness (QED) is 0.385. The van der Waals surface area contributed by atoms with Gasteiger partial charge in [-0.2, -0.15) is 0 Å². The normalized spacial score (nSPS) is 11.0. The van der Waals surface area contributed by atoms with Crippen molar-refractivity contribution in [3.05, 3.63) is 92.8 Å². The van der Waals surface area contributed by atoms with Crippen LogP contribution in [0.2, 0.25) is 0 Å². The molecule has 0 radical (unpaired) electrons. The number of aromatic amines is 1. The minimum absolute atomic E-state index is 0.0898. The summed E-state index contributed by atoms with van der Waals surface area (Å²) in [7, 11) is 3.31. The van der Waals surface area contributed by atoms with Crippen LogP contribution in [0, 0.1) is 0 Å². The Bertz CT molecular complexity index is 1400. The zero-order valence-corrected chi connectivity index (χ0v) is 18.4. The number of carbonyl (C=O) groups excluding carboxylic acids is 1. The van der Waals surface area contributed by atoms with E-state index in [4.69, 9.17) is 4.74 Å². The zero-order chi connectivity index (χ0) is 23.4. The Kier molecular flexibility index (Phi) is 6.41. The third kappa shape index (κ3) is 4.58. The van der Waals surface area contributed by atoms with Crippen molar-refractivity contribution >= 4 is 28.3 Å². The van der Waals surface area contributed by atoms with Gasteiger partial charge in [0.05, 0.1) is 13.2 Å². The number of carbonyl (C=O) groups is 1. The van der Waals surface area contributed by atoms with Crippen molar-refractivity contribution in [3.8, 4) is 0 Å². The molecule has 0 saturated heterocycles. The molecule has 33 heavy (non-hydrogen) atoms. The topological polar surface area (TPSA) is 110 Å². The molecule has 4 rings (SSSR count). The molecule has 0 atom stereocenters. The van der Waals surface area contributed by atoms with Crippen LogP contribution in [0.4, 0.5) is 11.5 Å². The number of aromatic nitrogens is 3. The number of rotatable bonds is 8. The number of benzene rings is 2. The SMILES string of the molecule is COCCn1c(NC(=O)c2cc3ccccc3n2C)c(NCc2ccccc2)c(=O)[nH]c1=O. The number of para-hydroxylation sites is 1. The Balaban J connectivity index is 1.74. The third-order valence-electron chi connectivity index (χ3n) is 5.45. The van der Waals surface area contributed by atoms with Gasteiger partial charge in [-0.3, -0.25) is 19.1 Å². The largest absolute Gasteiger partial charge is 0.383 e. The maximum absolute atomic E-state index is 13.3. The fraction of sp³-hybridized carbons (Fsp3) is 0.208. The number of fused-ring (bicyclic) bond motifs is 1. The van der Waals surface area contributed by atoms with Gasteiger partial charge in [-0.1, -0.05) is 48.5 Å². The fourth-order valence-electron chi connectivity index (χ4n) is 3.73. The van der Waals surface area contributed by atoms with Gasteiger partial charge in [-0.05, 0) is 17.7 Å². The van der Waals surface area contributed by atoms with E-state index in [0.717, 1.165) is 16.5 Å². The second kappa shape index (κ2) is 9.58. The van der Waals surface area contributed by atoms with Gasteiger partial charge in [0.15, 0.2) is 0 Å². The Morgan fingerprint density at radius 1 is 1.06 bits per heavy atom. The Morgan fingerprint density at radius 2 is 1.79 bits per heavy atom. The molecule has 2 aromatic heterocycles. The van der Waals surface area contributed by atoms with Crippen molar-refractivity contribution in [2.45, 2.75) is 13.1 Å². The molecule has 9 nitrogen and oxygen atoms in total. The summed E-state index contributed by atoms with van der Waals surface area (Å²) in [5, 5.41) is 6.78. The molecule has 170 valence electrons. The highest BCUT2D eigenvalue weighted by Crippen LogP contribution is 2.21. The van der Waals surface area contributed by atoms with E-state index in [0.29, 0.717) is 12.2 Å². The maximum atomic E-state index is 13.3. The van der Waals surface area contributed by atoms with Gasteiger partial charge < -0.3 is 19.9 Å². The monoisotopic (exact) mass is 447 g/mol. The van der Waals surface area contributed by atoms with Crippen molar-refractivity contribution < 1.29 is 9.53 Å². The van der Waals surface area contributed by atoms with Crippen LogP contribution in [0.25, 0.3) is 10.9 Å². The number of aryl methyl sites for hydroxylation is 1. The molecule has 0 fully saturated rings. The second-order valence-electron chi connectivity index (χ2n) is 7.57.